The summed E-state index contributed by atoms with van der Waals surface area (Å²) in [6, 6.07) is 2.62. The van der Waals surface area contributed by atoms with Crippen molar-refractivity contribution in [3.63, 3.8) is 0 Å². The van der Waals surface area contributed by atoms with Gasteiger partial charge in [0.1, 0.15) is 11.5 Å². The van der Waals surface area contributed by atoms with Gasteiger partial charge in [-0.25, -0.2) is 13.8 Å². The van der Waals surface area contributed by atoms with Gasteiger partial charge in [-0.3, -0.25) is 4.79 Å². The van der Waals surface area contributed by atoms with Gasteiger partial charge in [-0.2, -0.15) is 5.26 Å². The number of methoxy groups -OCH3 is 1. The van der Waals surface area contributed by atoms with Crippen molar-refractivity contribution in [1.82, 2.24) is 4.98 Å². The summed E-state index contributed by atoms with van der Waals surface area (Å²) < 4.78 is 29.2. The van der Waals surface area contributed by atoms with Crippen LogP contribution in [0.3, 0.4) is 0 Å². The number of hydrogen-bond acceptors (Lipinski definition) is 5. The van der Waals surface area contributed by atoms with Gasteiger partial charge in [0, 0.05) is 5.56 Å². The minimum absolute atomic E-state index is 0.0989. The normalized spacial score (nSPS) is 10.1. The number of anilines is 1. The lowest BCUT2D eigenvalue weighted by Crippen LogP contribution is -2.11. The van der Waals surface area contributed by atoms with Crippen LogP contribution in [0.25, 0.3) is 0 Å². The number of carbonyl (C=O) groups excluding carboxylic acids is 1. The van der Waals surface area contributed by atoms with E-state index in [-0.39, 0.29) is 23.4 Å². The van der Waals surface area contributed by atoms with Gasteiger partial charge in [-0.15, -0.1) is 0 Å². The van der Waals surface area contributed by atoms with Crippen molar-refractivity contribution in [3.05, 3.63) is 22.9 Å². The Bertz CT molecular complexity index is 483. The predicted octanol–water partition coefficient (Wildman–Crippen LogP) is 1.19. The van der Waals surface area contributed by atoms with Crippen LogP contribution in [0, 0.1) is 11.3 Å². The zero-order chi connectivity index (χ0) is 13.0. The van der Waals surface area contributed by atoms with Crippen molar-refractivity contribution in [2.24, 2.45) is 0 Å². The first kappa shape index (κ1) is 12.8. The van der Waals surface area contributed by atoms with Crippen LogP contribution < -0.4 is 5.73 Å². The molecule has 0 amide bonds. The highest BCUT2D eigenvalue weighted by Crippen LogP contribution is 2.23. The first-order valence-electron chi connectivity index (χ1n) is 4.54. The molecule has 90 valence electrons. The van der Waals surface area contributed by atoms with Gasteiger partial charge in [0.05, 0.1) is 25.2 Å². The third-order valence-corrected chi connectivity index (χ3v) is 2.07. The Hall–Kier alpha value is -2.23. The fourth-order valence-corrected chi connectivity index (χ4v) is 1.23. The molecule has 0 aliphatic heterocycles. The van der Waals surface area contributed by atoms with E-state index in [4.69, 9.17) is 11.0 Å². The molecule has 0 radical (unpaired) electrons. The Labute approximate surface area is 95.8 Å². The van der Waals surface area contributed by atoms with Crippen LogP contribution in [0.15, 0.2) is 6.07 Å². The zero-order valence-corrected chi connectivity index (χ0v) is 8.91. The van der Waals surface area contributed by atoms with Gasteiger partial charge in [0.15, 0.2) is 0 Å². The van der Waals surface area contributed by atoms with Crippen LogP contribution >= 0.6 is 0 Å². The number of nitrogens with zero attached hydrogens (tertiary/aromatic N) is 2. The molecule has 0 fully saturated rings. The number of alkyl halides is 2. The first-order chi connectivity index (χ1) is 7.99. The lowest BCUT2D eigenvalue weighted by atomic mass is 10.1. The maximum Gasteiger partial charge on any atom is 0.310 e. The molecule has 0 unspecified atom stereocenters. The van der Waals surface area contributed by atoms with Crippen LogP contribution in [-0.2, 0) is 16.0 Å². The molecule has 2 N–H and O–H groups in total. The molecule has 0 aliphatic rings. The quantitative estimate of drug-likeness (QED) is 0.803. The molecule has 0 bridgehead atoms. The number of aromatic nitrogens is 1. The van der Waals surface area contributed by atoms with Gasteiger partial charge >= 0.3 is 5.97 Å². The molecule has 7 heteroatoms. The van der Waals surface area contributed by atoms with Gasteiger partial charge < -0.3 is 10.5 Å². The molecule has 1 rings (SSSR count). The molecule has 17 heavy (non-hydrogen) atoms. The Morgan fingerprint density at radius 1 is 1.71 bits per heavy atom. The SMILES string of the molecule is COC(=O)Cc1c(C#N)cc(C(F)F)nc1N. The smallest absolute Gasteiger partial charge is 0.310 e. The molecule has 0 aromatic carbocycles. The fraction of sp³-hybridized carbons (Fsp3) is 0.300. The van der Waals surface area contributed by atoms with E-state index in [1.165, 1.54) is 7.11 Å². The number of nitrogen functional groups attached to an aromatic ring is 1. The Kier molecular flexibility index (Phi) is 3.93. The van der Waals surface area contributed by atoms with Gasteiger partial charge in [-0.05, 0) is 6.07 Å². The number of ether oxygens (including phenoxy) is 1. The fourth-order valence-electron chi connectivity index (χ4n) is 1.23. The molecule has 1 aromatic heterocycles. The second kappa shape index (κ2) is 5.21. The summed E-state index contributed by atoms with van der Waals surface area (Å²) in [5, 5.41) is 8.80. The number of carbonyl (C=O) groups is 1. The first-order valence-corrected chi connectivity index (χ1v) is 4.54. The van der Waals surface area contributed by atoms with Crippen LogP contribution in [-0.4, -0.2) is 18.1 Å². The molecule has 5 nitrogen and oxygen atoms in total. The van der Waals surface area contributed by atoms with Crippen molar-refractivity contribution in [2.45, 2.75) is 12.8 Å². The monoisotopic (exact) mass is 241 g/mol. The number of esters is 1. The summed E-state index contributed by atoms with van der Waals surface area (Å²) in [5.74, 6) is -0.885. The molecule has 0 atom stereocenters. The van der Waals surface area contributed by atoms with Crippen LogP contribution in [0.5, 0.6) is 0 Å². The van der Waals surface area contributed by atoms with E-state index in [0.717, 1.165) is 6.07 Å². The van der Waals surface area contributed by atoms with Crippen molar-refractivity contribution in [1.29, 1.82) is 5.26 Å². The average Bonchev–Trinajstić information content (AvgIpc) is 2.30. The summed E-state index contributed by atoms with van der Waals surface area (Å²) in [6.07, 6.45) is -3.10. The van der Waals surface area contributed by atoms with Gasteiger partial charge in [0.25, 0.3) is 6.43 Å². The maximum absolute atomic E-state index is 12.4. The molecule has 0 saturated heterocycles. The van der Waals surface area contributed by atoms with Crippen LogP contribution in [0.1, 0.15) is 23.2 Å². The minimum atomic E-state index is -2.82. The maximum atomic E-state index is 12.4. The predicted molar refractivity (Wildman–Crippen MR) is 54.0 cm³/mol. The van der Waals surface area contributed by atoms with E-state index < -0.39 is 18.1 Å². The molecule has 0 aliphatic carbocycles. The van der Waals surface area contributed by atoms with Gasteiger partial charge in [0.2, 0.25) is 0 Å². The molecule has 1 aromatic rings. The third-order valence-electron chi connectivity index (χ3n) is 2.07. The molecule has 0 saturated carbocycles. The summed E-state index contributed by atoms with van der Waals surface area (Å²) in [7, 11) is 1.17. The highest BCUT2D eigenvalue weighted by molar-refractivity contribution is 5.75. The highest BCUT2D eigenvalue weighted by Gasteiger charge is 2.18. The molecular weight excluding hydrogens is 232 g/mol. The van der Waals surface area contributed by atoms with Gasteiger partial charge in [-0.1, -0.05) is 0 Å². The Morgan fingerprint density at radius 3 is 2.82 bits per heavy atom. The topological polar surface area (TPSA) is 89.0 Å². The van der Waals surface area contributed by atoms with E-state index in [1.807, 2.05) is 0 Å². The van der Waals surface area contributed by atoms with Crippen LogP contribution in [0.4, 0.5) is 14.6 Å². The number of hydrogen-bond donors (Lipinski definition) is 1. The third kappa shape index (κ3) is 2.87. The Morgan fingerprint density at radius 2 is 2.35 bits per heavy atom. The minimum Gasteiger partial charge on any atom is -0.469 e. The van der Waals surface area contributed by atoms with Crippen molar-refractivity contribution >= 4 is 11.8 Å². The van der Waals surface area contributed by atoms with E-state index in [9.17, 15) is 13.6 Å². The lowest BCUT2D eigenvalue weighted by molar-refractivity contribution is -0.139. The number of nitriles is 1. The number of rotatable bonds is 3. The van der Waals surface area contributed by atoms with E-state index in [0.29, 0.717) is 0 Å². The van der Waals surface area contributed by atoms with Crippen molar-refractivity contribution < 1.29 is 18.3 Å². The summed E-state index contributed by atoms with van der Waals surface area (Å²) in [4.78, 5) is 14.5. The second-order valence-corrected chi connectivity index (χ2v) is 3.12. The van der Waals surface area contributed by atoms with E-state index in [1.54, 1.807) is 6.07 Å². The Balaban J connectivity index is 3.22. The number of pyridine rings is 1. The van der Waals surface area contributed by atoms with Crippen LogP contribution in [0.2, 0.25) is 0 Å². The van der Waals surface area contributed by atoms with E-state index in [2.05, 4.69) is 9.72 Å². The molecular formula is C10H9F2N3O2. The zero-order valence-electron chi connectivity index (χ0n) is 8.91. The largest absolute Gasteiger partial charge is 0.469 e. The lowest BCUT2D eigenvalue weighted by Gasteiger charge is -2.08. The summed E-state index contributed by atoms with van der Waals surface area (Å²) >= 11 is 0. The number of nitrogens with two attached hydrogens (primary N) is 1. The van der Waals surface area contributed by atoms with Crippen molar-refractivity contribution in [3.8, 4) is 6.07 Å². The summed E-state index contributed by atoms with van der Waals surface area (Å²) in [5.41, 5.74) is 4.85. The summed E-state index contributed by atoms with van der Waals surface area (Å²) in [6.45, 7) is 0. The highest BCUT2D eigenvalue weighted by atomic mass is 19.3. The standard InChI is InChI=1S/C10H9F2N3O2/c1-17-8(16)3-6-5(4-13)2-7(9(11)12)15-10(6)14/h2,9H,3H2,1H3,(H2,14,15). The molecule has 0 spiro atoms. The average molecular weight is 241 g/mol. The molecule has 1 heterocycles. The second-order valence-electron chi connectivity index (χ2n) is 3.12. The number of halogens is 2. The van der Waals surface area contributed by atoms with E-state index >= 15 is 0 Å². The van der Waals surface area contributed by atoms with Crippen molar-refractivity contribution in [2.75, 3.05) is 12.8 Å².